The molecular formula is C19H17. The Morgan fingerprint density at radius 2 is 1.16 bits per heavy atom. The molecule has 1 radical (unpaired) electrons. The van der Waals surface area contributed by atoms with Crippen LogP contribution in [0.5, 0.6) is 0 Å². The predicted octanol–water partition coefficient (Wildman–Crippen LogP) is 5.49. The molecule has 1 aliphatic carbocycles. The van der Waals surface area contributed by atoms with E-state index in [0.717, 1.165) is 0 Å². The van der Waals surface area contributed by atoms with Gasteiger partial charge in [0, 0.05) is 5.92 Å². The average Bonchev–Trinajstić information content (AvgIpc) is 2.98. The summed E-state index contributed by atoms with van der Waals surface area (Å²) in [7, 11) is 0. The highest BCUT2D eigenvalue weighted by Gasteiger charge is 2.21. The zero-order valence-corrected chi connectivity index (χ0v) is 11.0. The highest BCUT2D eigenvalue weighted by atomic mass is 14.3. The van der Waals surface area contributed by atoms with Gasteiger partial charge in [0.25, 0.3) is 0 Å². The third-order valence-corrected chi connectivity index (χ3v) is 4.33. The Morgan fingerprint density at radius 1 is 0.632 bits per heavy atom. The van der Waals surface area contributed by atoms with Crippen LogP contribution in [0.1, 0.15) is 31.2 Å². The predicted molar refractivity (Wildman–Crippen MR) is 82.3 cm³/mol. The van der Waals surface area contributed by atoms with Crippen LogP contribution in [-0.2, 0) is 0 Å². The van der Waals surface area contributed by atoms with Crippen molar-refractivity contribution in [2.45, 2.75) is 25.7 Å². The number of hydrogen-bond donors (Lipinski definition) is 0. The quantitative estimate of drug-likeness (QED) is 0.497. The highest BCUT2D eigenvalue weighted by Crippen LogP contribution is 2.40. The van der Waals surface area contributed by atoms with Gasteiger partial charge in [-0.25, -0.2) is 0 Å². The van der Waals surface area contributed by atoms with Crippen molar-refractivity contribution in [3.63, 3.8) is 0 Å². The summed E-state index contributed by atoms with van der Waals surface area (Å²) in [6.45, 7) is 0. The van der Waals surface area contributed by atoms with E-state index in [0.29, 0.717) is 0 Å². The fourth-order valence-corrected chi connectivity index (χ4v) is 3.45. The van der Waals surface area contributed by atoms with E-state index in [9.17, 15) is 0 Å². The zero-order valence-electron chi connectivity index (χ0n) is 11.0. The maximum absolute atomic E-state index is 2.32. The molecule has 0 saturated heterocycles. The lowest BCUT2D eigenvalue weighted by Gasteiger charge is -2.16. The first-order valence-corrected chi connectivity index (χ1v) is 7.19. The summed E-state index contributed by atoms with van der Waals surface area (Å²) in [6, 6.07) is 20.0. The summed E-state index contributed by atoms with van der Waals surface area (Å²) < 4.78 is 0. The largest absolute Gasteiger partial charge is 0.0616 e. The van der Waals surface area contributed by atoms with Gasteiger partial charge in [-0.2, -0.15) is 0 Å². The standard InChI is InChI=1S/C19H17/c1-2-8-14(7-1)19-17-11-5-3-9-15(17)13-16-10-4-6-12-18(16)19/h3-6,9-13H,1-2,7-8H2. The smallest absolute Gasteiger partial charge is 0.00625 e. The van der Waals surface area contributed by atoms with Crippen molar-refractivity contribution >= 4 is 21.5 Å². The highest BCUT2D eigenvalue weighted by molar-refractivity contribution is 6.04. The van der Waals surface area contributed by atoms with Crippen LogP contribution in [0.2, 0.25) is 0 Å². The zero-order chi connectivity index (χ0) is 12.7. The van der Waals surface area contributed by atoms with Crippen LogP contribution >= 0.6 is 0 Å². The molecule has 0 nitrogen and oxygen atoms in total. The Balaban J connectivity index is 2.13. The summed E-state index contributed by atoms with van der Waals surface area (Å²) in [5.41, 5.74) is 1.52. The van der Waals surface area contributed by atoms with Gasteiger partial charge in [0.15, 0.2) is 0 Å². The first-order chi connectivity index (χ1) is 9.43. The second-order valence-electron chi connectivity index (χ2n) is 5.50. The summed E-state index contributed by atoms with van der Waals surface area (Å²) in [5.74, 6) is 1.66. The molecule has 0 heterocycles. The average molecular weight is 245 g/mol. The van der Waals surface area contributed by atoms with Gasteiger partial charge in [-0.1, -0.05) is 61.4 Å². The lowest BCUT2D eigenvalue weighted by atomic mass is 9.87. The number of fused-ring (bicyclic) bond motifs is 2. The van der Waals surface area contributed by atoms with Crippen molar-refractivity contribution in [1.29, 1.82) is 0 Å². The van der Waals surface area contributed by atoms with Crippen molar-refractivity contribution in [3.05, 3.63) is 66.1 Å². The van der Waals surface area contributed by atoms with Gasteiger partial charge in [-0.15, -0.1) is 0 Å². The van der Waals surface area contributed by atoms with E-state index in [1.54, 1.807) is 5.92 Å². The molecule has 1 saturated carbocycles. The van der Waals surface area contributed by atoms with Crippen LogP contribution in [-0.4, -0.2) is 0 Å². The Hall–Kier alpha value is -1.82. The molecule has 1 fully saturated rings. The van der Waals surface area contributed by atoms with E-state index in [1.807, 2.05) is 0 Å². The molecule has 93 valence electrons. The monoisotopic (exact) mass is 245 g/mol. The molecule has 3 aromatic carbocycles. The molecule has 0 heteroatoms. The SMILES string of the molecule is c1ccc2c([C]3CCCC3)c3ccccc3cc2c1. The van der Waals surface area contributed by atoms with E-state index in [-0.39, 0.29) is 0 Å². The van der Waals surface area contributed by atoms with Crippen LogP contribution in [0.25, 0.3) is 21.5 Å². The summed E-state index contributed by atoms with van der Waals surface area (Å²) in [4.78, 5) is 0. The van der Waals surface area contributed by atoms with E-state index >= 15 is 0 Å². The Morgan fingerprint density at radius 3 is 1.74 bits per heavy atom. The van der Waals surface area contributed by atoms with E-state index in [4.69, 9.17) is 0 Å². The summed E-state index contributed by atoms with van der Waals surface area (Å²) in [6.07, 6.45) is 5.26. The van der Waals surface area contributed by atoms with Crippen LogP contribution in [0.15, 0.2) is 54.6 Å². The van der Waals surface area contributed by atoms with E-state index < -0.39 is 0 Å². The van der Waals surface area contributed by atoms with Gasteiger partial charge in [0.2, 0.25) is 0 Å². The molecule has 0 spiro atoms. The molecule has 19 heavy (non-hydrogen) atoms. The first-order valence-electron chi connectivity index (χ1n) is 7.19. The van der Waals surface area contributed by atoms with Crippen LogP contribution in [0, 0.1) is 5.92 Å². The molecule has 0 bridgehead atoms. The maximum Gasteiger partial charge on any atom is 0.00625 e. The Labute approximate surface area is 114 Å². The van der Waals surface area contributed by atoms with Gasteiger partial charge in [0.1, 0.15) is 0 Å². The van der Waals surface area contributed by atoms with Gasteiger partial charge in [0.05, 0.1) is 0 Å². The van der Waals surface area contributed by atoms with Crippen LogP contribution in [0.3, 0.4) is 0 Å². The fraction of sp³-hybridized carbons (Fsp3) is 0.211. The van der Waals surface area contributed by atoms with Crippen molar-refractivity contribution in [3.8, 4) is 0 Å². The van der Waals surface area contributed by atoms with Crippen molar-refractivity contribution in [2.75, 3.05) is 0 Å². The third-order valence-electron chi connectivity index (χ3n) is 4.33. The molecule has 0 unspecified atom stereocenters. The molecule has 3 aromatic rings. The minimum atomic E-state index is 1.28. The van der Waals surface area contributed by atoms with Crippen molar-refractivity contribution < 1.29 is 0 Å². The van der Waals surface area contributed by atoms with Crippen LogP contribution < -0.4 is 0 Å². The Bertz CT molecular complexity index is 679. The molecular weight excluding hydrogens is 228 g/mol. The second-order valence-corrected chi connectivity index (χ2v) is 5.50. The minimum absolute atomic E-state index is 1.28. The lowest BCUT2D eigenvalue weighted by molar-refractivity contribution is 0.886. The van der Waals surface area contributed by atoms with Crippen molar-refractivity contribution in [1.82, 2.24) is 0 Å². The Kier molecular flexibility index (Phi) is 2.55. The topological polar surface area (TPSA) is 0 Å². The van der Waals surface area contributed by atoms with E-state index in [2.05, 4.69) is 54.6 Å². The maximum atomic E-state index is 2.32. The molecule has 1 aliphatic rings. The summed E-state index contributed by atoms with van der Waals surface area (Å²) >= 11 is 0. The molecule has 0 amide bonds. The second kappa shape index (κ2) is 4.38. The first kappa shape index (κ1) is 11.0. The molecule has 0 aromatic heterocycles. The number of hydrogen-bond acceptors (Lipinski definition) is 0. The molecule has 0 aliphatic heterocycles. The number of rotatable bonds is 1. The molecule has 0 atom stereocenters. The van der Waals surface area contributed by atoms with Gasteiger partial charge in [-0.05, 0) is 46.0 Å². The van der Waals surface area contributed by atoms with Crippen molar-refractivity contribution in [2.24, 2.45) is 0 Å². The van der Waals surface area contributed by atoms with Gasteiger partial charge < -0.3 is 0 Å². The van der Waals surface area contributed by atoms with Gasteiger partial charge >= 0.3 is 0 Å². The fourth-order valence-electron chi connectivity index (χ4n) is 3.45. The minimum Gasteiger partial charge on any atom is -0.0616 e. The van der Waals surface area contributed by atoms with Gasteiger partial charge in [-0.3, -0.25) is 0 Å². The molecule has 0 N–H and O–H groups in total. The lowest BCUT2D eigenvalue weighted by Crippen LogP contribution is -1.96. The summed E-state index contributed by atoms with van der Waals surface area (Å²) in [5, 5.41) is 5.60. The van der Waals surface area contributed by atoms with Crippen LogP contribution in [0.4, 0.5) is 0 Å². The molecule has 4 rings (SSSR count). The van der Waals surface area contributed by atoms with E-state index in [1.165, 1.54) is 52.8 Å². The normalized spacial score (nSPS) is 16.4. The third kappa shape index (κ3) is 1.74. The number of benzene rings is 3.